The third-order valence-electron chi connectivity index (χ3n) is 4.90. The molecule has 6 heteroatoms. The van der Waals surface area contributed by atoms with E-state index in [4.69, 9.17) is 21.7 Å². The lowest BCUT2D eigenvalue weighted by atomic mass is 10.1. The number of nitrogens with zero attached hydrogens (tertiary/aromatic N) is 2. The van der Waals surface area contributed by atoms with Gasteiger partial charge in [-0.15, -0.1) is 0 Å². The minimum Gasteiger partial charge on any atom is -0.497 e. The zero-order valence-electron chi connectivity index (χ0n) is 16.9. The normalized spacial score (nSPS) is 15.9. The van der Waals surface area contributed by atoms with Crippen molar-refractivity contribution in [3.63, 3.8) is 0 Å². The third kappa shape index (κ3) is 5.59. The van der Waals surface area contributed by atoms with E-state index in [1.54, 1.807) is 7.11 Å². The van der Waals surface area contributed by atoms with E-state index < -0.39 is 0 Å². The lowest BCUT2D eigenvalue weighted by molar-refractivity contribution is 0.0905. The molecule has 0 aliphatic carbocycles. The molecule has 5 nitrogen and oxygen atoms in total. The second-order valence-electron chi connectivity index (χ2n) is 7.24. The van der Waals surface area contributed by atoms with Gasteiger partial charge >= 0.3 is 0 Å². The van der Waals surface area contributed by atoms with Gasteiger partial charge in [0.05, 0.1) is 13.2 Å². The quantitative estimate of drug-likeness (QED) is 0.706. The Hall–Kier alpha value is -2.31. The van der Waals surface area contributed by atoms with Gasteiger partial charge in [-0.25, -0.2) is 0 Å². The van der Waals surface area contributed by atoms with E-state index in [1.165, 1.54) is 11.3 Å². The minimum absolute atomic E-state index is 0.233. The van der Waals surface area contributed by atoms with Crippen LogP contribution in [0.25, 0.3) is 0 Å². The summed E-state index contributed by atoms with van der Waals surface area (Å²) >= 11 is 5.74. The highest BCUT2D eigenvalue weighted by molar-refractivity contribution is 7.80. The highest BCUT2D eigenvalue weighted by atomic mass is 32.1. The Morgan fingerprint density at radius 1 is 1.14 bits per heavy atom. The summed E-state index contributed by atoms with van der Waals surface area (Å²) in [6.07, 6.45) is 2.44. The summed E-state index contributed by atoms with van der Waals surface area (Å²) < 4.78 is 11.1. The van der Waals surface area contributed by atoms with Crippen molar-refractivity contribution in [2.24, 2.45) is 0 Å². The molecule has 1 fully saturated rings. The Morgan fingerprint density at radius 3 is 2.43 bits per heavy atom. The highest BCUT2D eigenvalue weighted by Gasteiger charge is 2.21. The van der Waals surface area contributed by atoms with Crippen LogP contribution < -0.4 is 15.0 Å². The number of ether oxygens (including phenoxy) is 2. The van der Waals surface area contributed by atoms with Crippen molar-refractivity contribution in [2.45, 2.75) is 25.5 Å². The maximum absolute atomic E-state index is 5.85. The standard InChI is InChI=1S/C22H29N3O2S/c1-24(2)19-10-6-17(7-11-19)15-25(16-21-5-4-14-27-21)22(28)23-18-8-12-20(26-3)13-9-18/h6-13,21H,4-5,14-16H2,1-3H3,(H,23,28)/t21-/m0/s1. The number of hydrogen-bond donors (Lipinski definition) is 1. The van der Waals surface area contributed by atoms with Crippen LogP contribution in [-0.2, 0) is 11.3 Å². The van der Waals surface area contributed by atoms with Crippen molar-refractivity contribution in [2.75, 3.05) is 44.6 Å². The van der Waals surface area contributed by atoms with Crippen LogP contribution >= 0.6 is 12.2 Å². The van der Waals surface area contributed by atoms with Gasteiger partial charge in [-0.05, 0) is 67.0 Å². The fourth-order valence-corrected chi connectivity index (χ4v) is 3.51. The van der Waals surface area contributed by atoms with Gasteiger partial charge in [-0.3, -0.25) is 0 Å². The molecular formula is C22H29N3O2S. The molecule has 0 amide bonds. The molecule has 3 rings (SSSR count). The fourth-order valence-electron chi connectivity index (χ4n) is 3.25. The summed E-state index contributed by atoms with van der Waals surface area (Å²) in [7, 11) is 5.76. The van der Waals surface area contributed by atoms with Gasteiger partial charge in [0.2, 0.25) is 0 Å². The van der Waals surface area contributed by atoms with Gasteiger partial charge in [0.15, 0.2) is 5.11 Å². The number of methoxy groups -OCH3 is 1. The zero-order chi connectivity index (χ0) is 19.9. The minimum atomic E-state index is 0.233. The van der Waals surface area contributed by atoms with Crippen LogP contribution in [0.2, 0.25) is 0 Å². The largest absolute Gasteiger partial charge is 0.497 e. The molecule has 1 atom stereocenters. The summed E-state index contributed by atoms with van der Waals surface area (Å²) in [6.45, 7) is 2.38. The molecule has 0 bridgehead atoms. The highest BCUT2D eigenvalue weighted by Crippen LogP contribution is 2.20. The van der Waals surface area contributed by atoms with Crippen LogP contribution in [-0.4, -0.2) is 50.5 Å². The first kappa shape index (κ1) is 20.4. The number of nitrogens with one attached hydrogen (secondary N) is 1. The molecule has 2 aromatic rings. The second kappa shape index (κ2) is 9.75. The van der Waals surface area contributed by atoms with Crippen molar-refractivity contribution in [1.82, 2.24) is 4.90 Å². The Balaban J connectivity index is 1.70. The van der Waals surface area contributed by atoms with Gasteiger partial charge in [0.25, 0.3) is 0 Å². The van der Waals surface area contributed by atoms with Gasteiger partial charge in [-0.2, -0.15) is 0 Å². The molecule has 1 N–H and O–H groups in total. The predicted octanol–water partition coefficient (Wildman–Crippen LogP) is 4.14. The van der Waals surface area contributed by atoms with Crippen molar-refractivity contribution in [3.8, 4) is 5.75 Å². The van der Waals surface area contributed by atoms with Crippen LogP contribution in [0.15, 0.2) is 48.5 Å². The van der Waals surface area contributed by atoms with Crippen LogP contribution in [0.1, 0.15) is 18.4 Å². The molecule has 0 radical (unpaired) electrons. The number of rotatable bonds is 7. The summed E-state index contributed by atoms with van der Waals surface area (Å²) in [5.74, 6) is 0.827. The molecule has 150 valence electrons. The molecule has 0 unspecified atom stereocenters. The Bertz CT molecular complexity index is 756. The predicted molar refractivity (Wildman–Crippen MR) is 119 cm³/mol. The first-order chi connectivity index (χ1) is 13.5. The maximum atomic E-state index is 5.85. The molecule has 2 aromatic carbocycles. The van der Waals surface area contributed by atoms with Crippen molar-refractivity contribution < 1.29 is 9.47 Å². The molecule has 1 heterocycles. The third-order valence-corrected chi connectivity index (χ3v) is 5.26. The Morgan fingerprint density at radius 2 is 1.86 bits per heavy atom. The first-order valence-corrected chi connectivity index (χ1v) is 10.0. The molecule has 28 heavy (non-hydrogen) atoms. The summed E-state index contributed by atoms with van der Waals surface area (Å²) in [4.78, 5) is 4.30. The van der Waals surface area contributed by atoms with Gasteiger partial charge in [-0.1, -0.05) is 12.1 Å². The van der Waals surface area contributed by atoms with Gasteiger partial charge < -0.3 is 24.6 Å². The van der Waals surface area contributed by atoms with E-state index in [1.807, 2.05) is 38.4 Å². The van der Waals surface area contributed by atoms with E-state index in [0.29, 0.717) is 5.11 Å². The van der Waals surface area contributed by atoms with Crippen LogP contribution in [0.5, 0.6) is 5.75 Å². The molecule has 1 saturated heterocycles. The molecule has 0 aromatic heterocycles. The Kier molecular flexibility index (Phi) is 7.12. The summed E-state index contributed by atoms with van der Waals surface area (Å²) in [5.41, 5.74) is 3.36. The van der Waals surface area contributed by atoms with Crippen LogP contribution in [0.4, 0.5) is 11.4 Å². The van der Waals surface area contributed by atoms with E-state index in [2.05, 4.69) is 39.4 Å². The van der Waals surface area contributed by atoms with Gasteiger partial charge in [0.1, 0.15) is 5.75 Å². The molecule has 0 spiro atoms. The average molecular weight is 400 g/mol. The van der Waals surface area contributed by atoms with Crippen LogP contribution in [0, 0.1) is 0 Å². The molecule has 1 aliphatic heterocycles. The topological polar surface area (TPSA) is 37.0 Å². The zero-order valence-corrected chi connectivity index (χ0v) is 17.7. The second-order valence-corrected chi connectivity index (χ2v) is 7.62. The summed E-state index contributed by atoms with van der Waals surface area (Å²) in [5, 5.41) is 4.06. The Labute approximate surface area is 173 Å². The average Bonchev–Trinajstić information content (AvgIpc) is 3.21. The van der Waals surface area contributed by atoms with E-state index in [0.717, 1.165) is 44.0 Å². The monoisotopic (exact) mass is 399 g/mol. The van der Waals surface area contributed by atoms with E-state index in [-0.39, 0.29) is 6.10 Å². The van der Waals surface area contributed by atoms with E-state index >= 15 is 0 Å². The number of hydrogen-bond acceptors (Lipinski definition) is 4. The maximum Gasteiger partial charge on any atom is 0.173 e. The fraction of sp³-hybridized carbons (Fsp3) is 0.409. The van der Waals surface area contributed by atoms with E-state index in [9.17, 15) is 0 Å². The number of benzene rings is 2. The molecule has 0 saturated carbocycles. The number of thiocarbonyl (C=S) groups is 1. The molecule has 1 aliphatic rings. The van der Waals surface area contributed by atoms with Crippen molar-refractivity contribution >= 4 is 28.7 Å². The SMILES string of the molecule is COc1ccc(NC(=S)N(Cc2ccc(N(C)C)cc2)C[C@@H]2CCCO2)cc1. The smallest absolute Gasteiger partial charge is 0.173 e. The first-order valence-electron chi connectivity index (χ1n) is 9.63. The van der Waals surface area contributed by atoms with Crippen LogP contribution in [0.3, 0.4) is 0 Å². The van der Waals surface area contributed by atoms with Crippen molar-refractivity contribution in [3.05, 3.63) is 54.1 Å². The molecular weight excluding hydrogens is 370 g/mol. The lowest BCUT2D eigenvalue weighted by Crippen LogP contribution is -2.39. The van der Waals surface area contributed by atoms with Crippen molar-refractivity contribution in [1.29, 1.82) is 0 Å². The summed E-state index contributed by atoms with van der Waals surface area (Å²) in [6, 6.07) is 16.4. The lowest BCUT2D eigenvalue weighted by Gasteiger charge is -2.28. The van der Waals surface area contributed by atoms with Gasteiger partial charge in [0, 0.05) is 45.2 Å². The number of anilines is 2.